The molecule has 0 bridgehead atoms. The average Bonchev–Trinajstić information content (AvgIpc) is 1.88. The lowest BCUT2D eigenvalue weighted by Crippen LogP contribution is -2.34. The SMILES string of the molecule is O=[N+]([O-])C1CC=CCC1O. The first-order chi connectivity index (χ1) is 4.72. The Hall–Kier alpha value is -0.900. The van der Waals surface area contributed by atoms with Gasteiger partial charge in [-0.15, -0.1) is 0 Å². The first-order valence-corrected chi connectivity index (χ1v) is 3.18. The van der Waals surface area contributed by atoms with Crippen LogP contribution in [-0.4, -0.2) is 22.2 Å². The molecule has 0 aliphatic heterocycles. The van der Waals surface area contributed by atoms with Crippen LogP contribution >= 0.6 is 0 Å². The Balaban J connectivity index is 2.59. The van der Waals surface area contributed by atoms with Gasteiger partial charge in [0, 0.05) is 11.3 Å². The molecule has 2 atom stereocenters. The molecule has 4 heteroatoms. The van der Waals surface area contributed by atoms with Gasteiger partial charge in [0.05, 0.1) is 0 Å². The van der Waals surface area contributed by atoms with Crippen molar-refractivity contribution < 1.29 is 10.0 Å². The van der Waals surface area contributed by atoms with Crippen molar-refractivity contribution in [2.24, 2.45) is 0 Å². The van der Waals surface area contributed by atoms with Crippen molar-refractivity contribution >= 4 is 0 Å². The molecule has 0 saturated heterocycles. The maximum absolute atomic E-state index is 10.2. The second-order valence-corrected chi connectivity index (χ2v) is 2.36. The molecule has 0 aromatic rings. The molecule has 0 saturated carbocycles. The standard InChI is InChI=1S/C6H9NO3/c8-6-4-2-1-3-5(6)7(9)10/h1-2,5-6,8H,3-4H2. The van der Waals surface area contributed by atoms with Gasteiger partial charge in [0.25, 0.3) is 0 Å². The van der Waals surface area contributed by atoms with Crippen molar-refractivity contribution in [2.75, 3.05) is 0 Å². The fourth-order valence-corrected chi connectivity index (χ4v) is 1.01. The quantitative estimate of drug-likeness (QED) is 0.327. The highest BCUT2D eigenvalue weighted by molar-refractivity contribution is 4.94. The van der Waals surface area contributed by atoms with Crippen molar-refractivity contribution in [3.05, 3.63) is 22.3 Å². The normalized spacial score (nSPS) is 32.1. The molecule has 0 amide bonds. The molecule has 1 aliphatic carbocycles. The van der Waals surface area contributed by atoms with Gasteiger partial charge in [-0.2, -0.15) is 0 Å². The minimum atomic E-state index is -0.792. The second-order valence-electron chi connectivity index (χ2n) is 2.36. The van der Waals surface area contributed by atoms with E-state index in [1.165, 1.54) is 0 Å². The highest BCUT2D eigenvalue weighted by atomic mass is 16.6. The number of nitro groups is 1. The second kappa shape index (κ2) is 2.79. The third kappa shape index (κ3) is 1.33. The van der Waals surface area contributed by atoms with Crippen LogP contribution in [0.5, 0.6) is 0 Å². The van der Waals surface area contributed by atoms with Crippen LogP contribution in [0, 0.1) is 10.1 Å². The number of hydrogen-bond acceptors (Lipinski definition) is 3. The maximum atomic E-state index is 10.2. The molecular formula is C6H9NO3. The Labute approximate surface area is 58.3 Å². The van der Waals surface area contributed by atoms with Crippen LogP contribution in [0.25, 0.3) is 0 Å². The van der Waals surface area contributed by atoms with Gasteiger partial charge < -0.3 is 5.11 Å². The van der Waals surface area contributed by atoms with Gasteiger partial charge in [-0.1, -0.05) is 12.2 Å². The largest absolute Gasteiger partial charge is 0.386 e. The molecule has 1 aliphatic rings. The van der Waals surface area contributed by atoms with E-state index in [1.54, 1.807) is 12.2 Å². The molecule has 0 aromatic heterocycles. The van der Waals surface area contributed by atoms with Gasteiger partial charge in [-0.05, 0) is 6.42 Å². The summed E-state index contributed by atoms with van der Waals surface area (Å²) in [4.78, 5) is 9.75. The van der Waals surface area contributed by atoms with Crippen molar-refractivity contribution in [3.8, 4) is 0 Å². The third-order valence-corrected chi connectivity index (χ3v) is 1.64. The molecular weight excluding hydrogens is 134 g/mol. The van der Waals surface area contributed by atoms with Crippen LogP contribution in [0.4, 0.5) is 0 Å². The monoisotopic (exact) mass is 143 g/mol. The van der Waals surface area contributed by atoms with E-state index in [0.717, 1.165) is 0 Å². The number of aliphatic hydroxyl groups excluding tert-OH is 1. The highest BCUT2D eigenvalue weighted by Gasteiger charge is 2.29. The highest BCUT2D eigenvalue weighted by Crippen LogP contribution is 2.13. The van der Waals surface area contributed by atoms with Crippen LogP contribution in [0.2, 0.25) is 0 Å². The average molecular weight is 143 g/mol. The summed E-state index contributed by atoms with van der Waals surface area (Å²) in [5.74, 6) is 0. The Morgan fingerprint density at radius 3 is 2.50 bits per heavy atom. The minimum Gasteiger partial charge on any atom is -0.386 e. The summed E-state index contributed by atoms with van der Waals surface area (Å²) in [6.45, 7) is 0. The lowest BCUT2D eigenvalue weighted by molar-refractivity contribution is -0.533. The lowest BCUT2D eigenvalue weighted by atomic mass is 10.00. The van der Waals surface area contributed by atoms with Gasteiger partial charge in [0.2, 0.25) is 6.04 Å². The van der Waals surface area contributed by atoms with Gasteiger partial charge in [-0.25, -0.2) is 0 Å². The predicted molar refractivity (Wildman–Crippen MR) is 35.2 cm³/mol. The van der Waals surface area contributed by atoms with Crippen LogP contribution < -0.4 is 0 Å². The summed E-state index contributed by atoms with van der Waals surface area (Å²) in [6.07, 6.45) is 3.48. The van der Waals surface area contributed by atoms with Crippen molar-refractivity contribution in [1.82, 2.24) is 0 Å². The predicted octanol–water partition coefficient (Wildman–Crippen LogP) is 0.343. The number of aliphatic hydroxyl groups is 1. The van der Waals surface area contributed by atoms with E-state index >= 15 is 0 Å². The van der Waals surface area contributed by atoms with E-state index in [0.29, 0.717) is 12.8 Å². The van der Waals surface area contributed by atoms with Crippen LogP contribution in [0.15, 0.2) is 12.2 Å². The zero-order chi connectivity index (χ0) is 7.56. The molecule has 0 spiro atoms. The van der Waals surface area contributed by atoms with E-state index in [1.807, 2.05) is 0 Å². The summed E-state index contributed by atoms with van der Waals surface area (Å²) in [7, 11) is 0. The first-order valence-electron chi connectivity index (χ1n) is 3.18. The lowest BCUT2D eigenvalue weighted by Gasteiger charge is -2.15. The van der Waals surface area contributed by atoms with Crippen LogP contribution in [-0.2, 0) is 0 Å². The van der Waals surface area contributed by atoms with Gasteiger partial charge >= 0.3 is 0 Å². The van der Waals surface area contributed by atoms with Gasteiger partial charge in [-0.3, -0.25) is 10.1 Å². The zero-order valence-corrected chi connectivity index (χ0v) is 5.43. The molecule has 1 rings (SSSR count). The van der Waals surface area contributed by atoms with Crippen molar-refractivity contribution in [1.29, 1.82) is 0 Å². The molecule has 1 N–H and O–H groups in total. The summed E-state index contributed by atoms with van der Waals surface area (Å²) >= 11 is 0. The van der Waals surface area contributed by atoms with E-state index < -0.39 is 17.1 Å². The molecule has 10 heavy (non-hydrogen) atoms. The molecule has 56 valence electrons. The molecule has 0 aromatic carbocycles. The molecule has 4 nitrogen and oxygen atoms in total. The van der Waals surface area contributed by atoms with Crippen LogP contribution in [0.3, 0.4) is 0 Å². The topological polar surface area (TPSA) is 63.4 Å². The zero-order valence-electron chi connectivity index (χ0n) is 5.43. The van der Waals surface area contributed by atoms with Crippen molar-refractivity contribution in [2.45, 2.75) is 25.0 Å². The minimum absolute atomic E-state index is 0.355. The number of rotatable bonds is 1. The van der Waals surface area contributed by atoms with Gasteiger partial charge in [0.15, 0.2) is 0 Å². The smallest absolute Gasteiger partial charge is 0.242 e. The van der Waals surface area contributed by atoms with Crippen molar-refractivity contribution in [3.63, 3.8) is 0 Å². The Morgan fingerprint density at radius 2 is 2.10 bits per heavy atom. The Kier molecular flexibility index (Phi) is 2.01. The fourth-order valence-electron chi connectivity index (χ4n) is 1.01. The third-order valence-electron chi connectivity index (χ3n) is 1.64. The Morgan fingerprint density at radius 1 is 1.50 bits per heavy atom. The molecule has 2 unspecified atom stereocenters. The fraction of sp³-hybridized carbons (Fsp3) is 0.667. The summed E-state index contributed by atoms with van der Waals surface area (Å²) in [6, 6.07) is -0.787. The first kappa shape index (κ1) is 7.21. The van der Waals surface area contributed by atoms with Gasteiger partial charge in [0.1, 0.15) is 6.10 Å². The summed E-state index contributed by atoms with van der Waals surface area (Å²) < 4.78 is 0. The van der Waals surface area contributed by atoms with E-state index in [-0.39, 0.29) is 0 Å². The Bertz CT molecular complexity index is 166. The summed E-state index contributed by atoms with van der Waals surface area (Å²) in [5, 5.41) is 19.2. The number of hydrogen-bond donors (Lipinski definition) is 1. The van der Waals surface area contributed by atoms with E-state index in [9.17, 15) is 10.1 Å². The summed E-state index contributed by atoms with van der Waals surface area (Å²) in [5.41, 5.74) is 0. The molecule has 0 fully saturated rings. The van der Waals surface area contributed by atoms with Crippen LogP contribution in [0.1, 0.15) is 12.8 Å². The maximum Gasteiger partial charge on any atom is 0.242 e. The van der Waals surface area contributed by atoms with E-state index in [4.69, 9.17) is 5.11 Å². The van der Waals surface area contributed by atoms with E-state index in [2.05, 4.69) is 0 Å². The number of nitrogens with zero attached hydrogens (tertiary/aromatic N) is 1. The molecule has 0 heterocycles. The molecule has 0 radical (unpaired) electrons.